The van der Waals surface area contributed by atoms with E-state index in [-0.39, 0.29) is 0 Å². The van der Waals surface area contributed by atoms with Crippen LogP contribution in [-0.4, -0.2) is 23.7 Å². The van der Waals surface area contributed by atoms with Crippen molar-refractivity contribution >= 4 is 5.97 Å². The highest BCUT2D eigenvalue weighted by molar-refractivity contribution is 5.62. The van der Waals surface area contributed by atoms with E-state index in [1.165, 1.54) is 25.8 Å². The van der Waals surface area contributed by atoms with Crippen molar-refractivity contribution in [2.24, 2.45) is 0 Å². The predicted octanol–water partition coefficient (Wildman–Crippen LogP) is 2.27. The second-order valence-electron chi connectivity index (χ2n) is 2.72. The molecular formula is C10H23NO2. The van der Waals surface area contributed by atoms with Gasteiger partial charge < -0.3 is 10.4 Å². The molecule has 0 aromatic heterocycles. The average molecular weight is 189 g/mol. The van der Waals surface area contributed by atoms with E-state index in [1.54, 1.807) is 0 Å². The van der Waals surface area contributed by atoms with E-state index in [9.17, 15) is 0 Å². The summed E-state index contributed by atoms with van der Waals surface area (Å²) in [6, 6.07) is 0.847. The smallest absolute Gasteiger partial charge is 0.300 e. The molecule has 0 saturated carbocycles. The minimum atomic E-state index is -0.833. The number of carboxylic acids is 1. The van der Waals surface area contributed by atoms with Crippen LogP contribution in [0.3, 0.4) is 0 Å². The molecule has 0 aromatic carbocycles. The Bertz CT molecular complexity index is 105. The lowest BCUT2D eigenvalue weighted by Crippen LogP contribution is -2.19. The molecule has 0 radical (unpaired) electrons. The molecular weight excluding hydrogens is 166 g/mol. The monoisotopic (exact) mass is 189 g/mol. The Labute approximate surface area is 81.5 Å². The van der Waals surface area contributed by atoms with E-state index in [2.05, 4.69) is 12.2 Å². The van der Waals surface area contributed by atoms with Crippen LogP contribution in [0.1, 0.15) is 47.0 Å². The van der Waals surface area contributed by atoms with Crippen LogP contribution in [0.15, 0.2) is 0 Å². The van der Waals surface area contributed by atoms with Crippen LogP contribution in [-0.2, 0) is 4.79 Å². The van der Waals surface area contributed by atoms with Crippen molar-refractivity contribution in [3.8, 4) is 0 Å². The van der Waals surface area contributed by atoms with Gasteiger partial charge in [-0.05, 0) is 25.8 Å². The second kappa shape index (κ2) is 11.4. The average Bonchev–Trinajstić information content (AvgIpc) is 2.58. The highest BCUT2D eigenvalue weighted by Gasteiger charge is 2.09. The third-order valence-electron chi connectivity index (χ3n) is 1.66. The molecule has 1 unspecified atom stereocenters. The minimum Gasteiger partial charge on any atom is -0.481 e. The number of hydrogen-bond donors (Lipinski definition) is 2. The lowest BCUT2D eigenvalue weighted by molar-refractivity contribution is -0.134. The van der Waals surface area contributed by atoms with Crippen LogP contribution in [0.2, 0.25) is 0 Å². The predicted molar refractivity (Wildman–Crippen MR) is 56.0 cm³/mol. The SMILES string of the molecule is CC.CC(=O)O.CCC1CCCN1. The first kappa shape index (κ1) is 14.9. The summed E-state index contributed by atoms with van der Waals surface area (Å²) in [6.45, 7) is 8.57. The van der Waals surface area contributed by atoms with Crippen LogP contribution >= 0.6 is 0 Å². The summed E-state index contributed by atoms with van der Waals surface area (Å²) in [4.78, 5) is 9.00. The summed E-state index contributed by atoms with van der Waals surface area (Å²) >= 11 is 0. The topological polar surface area (TPSA) is 49.3 Å². The fraction of sp³-hybridized carbons (Fsp3) is 0.900. The van der Waals surface area contributed by atoms with Gasteiger partial charge in [-0.1, -0.05) is 20.8 Å². The molecule has 3 heteroatoms. The third-order valence-corrected chi connectivity index (χ3v) is 1.66. The molecule has 13 heavy (non-hydrogen) atoms. The zero-order chi connectivity index (χ0) is 10.7. The summed E-state index contributed by atoms with van der Waals surface area (Å²) in [5.41, 5.74) is 0. The molecule has 1 atom stereocenters. The minimum absolute atomic E-state index is 0.833. The Hall–Kier alpha value is -0.570. The van der Waals surface area contributed by atoms with Gasteiger partial charge in [-0.15, -0.1) is 0 Å². The van der Waals surface area contributed by atoms with Crippen molar-refractivity contribution < 1.29 is 9.90 Å². The molecule has 1 rings (SSSR count). The maximum atomic E-state index is 9.00. The fourth-order valence-corrected chi connectivity index (χ4v) is 1.11. The van der Waals surface area contributed by atoms with Gasteiger partial charge in [0.05, 0.1) is 0 Å². The van der Waals surface area contributed by atoms with Crippen molar-refractivity contribution in [1.29, 1.82) is 0 Å². The number of aliphatic carboxylic acids is 1. The molecule has 1 fully saturated rings. The standard InChI is InChI=1S/C6H13N.C2H4O2.C2H6/c1-2-6-4-3-5-7-6;1-2(3)4;1-2/h6-7H,2-5H2,1H3;1H3,(H,3,4);1-2H3. The van der Waals surface area contributed by atoms with Crippen molar-refractivity contribution in [2.45, 2.75) is 53.0 Å². The summed E-state index contributed by atoms with van der Waals surface area (Å²) < 4.78 is 0. The summed E-state index contributed by atoms with van der Waals surface area (Å²) in [5, 5.41) is 10.8. The van der Waals surface area contributed by atoms with Gasteiger partial charge in [0.15, 0.2) is 0 Å². The number of rotatable bonds is 1. The van der Waals surface area contributed by atoms with Gasteiger partial charge >= 0.3 is 0 Å². The van der Waals surface area contributed by atoms with Gasteiger partial charge in [-0.2, -0.15) is 0 Å². The molecule has 1 aliphatic heterocycles. The first-order chi connectivity index (χ1) is 6.16. The Morgan fingerprint density at radius 1 is 1.54 bits per heavy atom. The largest absolute Gasteiger partial charge is 0.481 e. The Kier molecular flexibility index (Phi) is 13.1. The van der Waals surface area contributed by atoms with E-state index in [4.69, 9.17) is 9.90 Å². The molecule has 1 aliphatic rings. The molecule has 0 aromatic rings. The molecule has 1 heterocycles. The van der Waals surface area contributed by atoms with Crippen molar-refractivity contribution in [3.05, 3.63) is 0 Å². The lowest BCUT2D eigenvalue weighted by atomic mass is 10.2. The molecule has 80 valence electrons. The molecule has 0 bridgehead atoms. The highest BCUT2D eigenvalue weighted by Crippen LogP contribution is 2.06. The summed E-state index contributed by atoms with van der Waals surface area (Å²) in [6.07, 6.45) is 4.09. The van der Waals surface area contributed by atoms with E-state index < -0.39 is 5.97 Å². The zero-order valence-electron chi connectivity index (χ0n) is 9.26. The van der Waals surface area contributed by atoms with Crippen LogP contribution in [0, 0.1) is 0 Å². The molecule has 0 aliphatic carbocycles. The maximum Gasteiger partial charge on any atom is 0.300 e. The highest BCUT2D eigenvalue weighted by atomic mass is 16.4. The fourth-order valence-electron chi connectivity index (χ4n) is 1.11. The van der Waals surface area contributed by atoms with Crippen LogP contribution in [0.25, 0.3) is 0 Å². The number of nitrogens with one attached hydrogen (secondary N) is 1. The van der Waals surface area contributed by atoms with Gasteiger partial charge in [0.25, 0.3) is 5.97 Å². The normalized spacial score (nSPS) is 19.2. The first-order valence-corrected chi connectivity index (χ1v) is 5.09. The van der Waals surface area contributed by atoms with E-state index in [0.29, 0.717) is 0 Å². The van der Waals surface area contributed by atoms with Gasteiger partial charge in [0.1, 0.15) is 0 Å². The van der Waals surface area contributed by atoms with Crippen LogP contribution in [0.5, 0.6) is 0 Å². The van der Waals surface area contributed by atoms with Crippen LogP contribution < -0.4 is 5.32 Å². The van der Waals surface area contributed by atoms with Crippen molar-refractivity contribution in [2.75, 3.05) is 6.54 Å². The number of carbonyl (C=O) groups is 1. The van der Waals surface area contributed by atoms with E-state index in [1.807, 2.05) is 13.8 Å². The quantitative estimate of drug-likeness (QED) is 0.665. The summed E-state index contributed by atoms with van der Waals surface area (Å²) in [7, 11) is 0. The van der Waals surface area contributed by atoms with Crippen LogP contribution in [0.4, 0.5) is 0 Å². The Morgan fingerprint density at radius 3 is 2.15 bits per heavy atom. The molecule has 2 N–H and O–H groups in total. The summed E-state index contributed by atoms with van der Waals surface area (Å²) in [5.74, 6) is -0.833. The number of hydrogen-bond acceptors (Lipinski definition) is 2. The Morgan fingerprint density at radius 2 is 2.00 bits per heavy atom. The molecule has 1 saturated heterocycles. The van der Waals surface area contributed by atoms with Crippen molar-refractivity contribution in [1.82, 2.24) is 5.32 Å². The second-order valence-corrected chi connectivity index (χ2v) is 2.72. The maximum absolute atomic E-state index is 9.00. The van der Waals surface area contributed by atoms with Gasteiger partial charge in [-0.3, -0.25) is 4.79 Å². The van der Waals surface area contributed by atoms with E-state index >= 15 is 0 Å². The molecule has 0 spiro atoms. The van der Waals surface area contributed by atoms with E-state index in [0.717, 1.165) is 13.0 Å². The lowest BCUT2D eigenvalue weighted by Gasteiger charge is -2.02. The Balaban J connectivity index is 0. The molecule has 3 nitrogen and oxygen atoms in total. The first-order valence-electron chi connectivity index (χ1n) is 5.09. The number of carboxylic acid groups (broad SMARTS) is 1. The van der Waals surface area contributed by atoms with Gasteiger partial charge in [0.2, 0.25) is 0 Å². The third kappa shape index (κ3) is 14.3. The van der Waals surface area contributed by atoms with Gasteiger partial charge in [0, 0.05) is 13.0 Å². The van der Waals surface area contributed by atoms with Crippen molar-refractivity contribution in [3.63, 3.8) is 0 Å². The van der Waals surface area contributed by atoms with Gasteiger partial charge in [-0.25, -0.2) is 0 Å². The zero-order valence-corrected chi connectivity index (χ0v) is 9.26. The molecule has 0 amide bonds.